The summed E-state index contributed by atoms with van der Waals surface area (Å²) < 4.78 is 1.28. The Morgan fingerprint density at radius 2 is 1.00 bits per heavy atom. The van der Waals surface area contributed by atoms with Crippen LogP contribution < -0.4 is 5.11 Å². The van der Waals surface area contributed by atoms with E-state index in [9.17, 15) is 9.90 Å². The second-order valence-electron chi connectivity index (χ2n) is 7.96. The maximum absolute atomic E-state index is 10.2. The summed E-state index contributed by atoms with van der Waals surface area (Å²) in [5.41, 5.74) is 0. The van der Waals surface area contributed by atoms with Gasteiger partial charge in [-0.15, -0.1) is 0 Å². The lowest BCUT2D eigenvalue weighted by Crippen LogP contribution is -2.47. The summed E-state index contributed by atoms with van der Waals surface area (Å²) in [6, 6.07) is 0. The van der Waals surface area contributed by atoms with E-state index in [-0.39, 0.29) is 6.42 Å². The van der Waals surface area contributed by atoms with Gasteiger partial charge in [0.05, 0.1) is 26.2 Å². The number of unbranched alkanes of at least 4 members (excludes halogenated alkanes) is 4. The summed E-state index contributed by atoms with van der Waals surface area (Å²) in [7, 11) is 0. The van der Waals surface area contributed by atoms with Crippen molar-refractivity contribution in [3.8, 4) is 0 Å². The third-order valence-electron chi connectivity index (χ3n) is 5.89. The molecule has 3 nitrogen and oxygen atoms in total. The number of carbonyl (C=O) groups is 1. The molecule has 0 aliphatic heterocycles. The maximum Gasteiger partial charge on any atom is 0.0757 e. The van der Waals surface area contributed by atoms with E-state index in [0.717, 1.165) is 25.7 Å². The molecular formula is C28H51NO2. The molecule has 0 aliphatic rings. The number of carboxylic acid groups (broad SMARTS) is 1. The lowest BCUT2D eigenvalue weighted by molar-refractivity contribution is -0.921. The zero-order valence-corrected chi connectivity index (χ0v) is 21.3. The van der Waals surface area contributed by atoms with Gasteiger partial charge in [-0.25, -0.2) is 0 Å². The molecule has 0 atom stereocenters. The van der Waals surface area contributed by atoms with Gasteiger partial charge in [-0.3, -0.25) is 0 Å². The standard InChI is InChI=1S/C20H32O2.C8H20N/c1-2-3-4-5-6-7-8-9-10-11-12-13-14-15-16-17-18-19-20(21)22;1-5-9(6-2,7-3)8-4/h6-7,9-10,12-13,15-16H,2-5,8,11,14,17-19H2,1H3,(H,21,22);5-8H2,1-4H3/q;+1/p-1/b7-6-,10-9-,13-12-,16-15-;. The number of hydrogen-bond acceptors (Lipinski definition) is 2. The molecule has 0 saturated heterocycles. The average molecular weight is 434 g/mol. The van der Waals surface area contributed by atoms with Gasteiger partial charge in [0.2, 0.25) is 0 Å². The van der Waals surface area contributed by atoms with Gasteiger partial charge in [-0.2, -0.15) is 0 Å². The lowest BCUT2D eigenvalue weighted by Gasteiger charge is -2.34. The Morgan fingerprint density at radius 3 is 1.32 bits per heavy atom. The molecule has 0 aliphatic carbocycles. The fraction of sp³-hybridized carbons (Fsp3) is 0.679. The van der Waals surface area contributed by atoms with Gasteiger partial charge < -0.3 is 14.4 Å². The molecule has 0 aromatic carbocycles. The molecule has 0 rings (SSSR count). The van der Waals surface area contributed by atoms with Crippen LogP contribution in [0.5, 0.6) is 0 Å². The summed E-state index contributed by atoms with van der Waals surface area (Å²) in [5.74, 6) is -0.962. The second-order valence-corrected chi connectivity index (χ2v) is 7.96. The van der Waals surface area contributed by atoms with Crippen LogP contribution >= 0.6 is 0 Å². The summed E-state index contributed by atoms with van der Waals surface area (Å²) in [6.07, 6.45) is 27.0. The normalized spacial score (nSPS) is 12.3. The Kier molecular flexibility index (Phi) is 25.1. The molecule has 0 bridgehead atoms. The number of aliphatic carboxylic acids is 1. The largest absolute Gasteiger partial charge is 0.550 e. The number of rotatable bonds is 18. The van der Waals surface area contributed by atoms with E-state index in [1.807, 2.05) is 6.08 Å². The zero-order valence-electron chi connectivity index (χ0n) is 21.3. The van der Waals surface area contributed by atoms with E-state index in [0.29, 0.717) is 6.42 Å². The van der Waals surface area contributed by atoms with Crippen molar-refractivity contribution in [3.05, 3.63) is 48.6 Å². The second kappa shape index (κ2) is 24.7. The first-order chi connectivity index (χ1) is 15.0. The van der Waals surface area contributed by atoms with Crippen molar-refractivity contribution < 1.29 is 14.4 Å². The monoisotopic (exact) mass is 433 g/mol. The SMILES string of the molecule is CCCCC/C=C\C/C=C\C/C=C\C/C=C\CCCC(=O)[O-].CC[N+](CC)(CC)CC. The van der Waals surface area contributed by atoms with Crippen LogP contribution in [0.15, 0.2) is 48.6 Å². The predicted molar refractivity (Wildman–Crippen MR) is 136 cm³/mol. The summed E-state index contributed by atoms with van der Waals surface area (Å²) in [6.45, 7) is 16.5. The highest BCUT2D eigenvalue weighted by Crippen LogP contribution is 2.03. The van der Waals surface area contributed by atoms with Crippen molar-refractivity contribution in [2.24, 2.45) is 0 Å². The van der Waals surface area contributed by atoms with Crippen LogP contribution in [-0.2, 0) is 4.79 Å². The maximum atomic E-state index is 10.2. The van der Waals surface area contributed by atoms with Crippen molar-refractivity contribution in [1.82, 2.24) is 0 Å². The lowest BCUT2D eigenvalue weighted by atomic mass is 10.2. The first kappa shape index (κ1) is 31.6. The van der Waals surface area contributed by atoms with Crippen molar-refractivity contribution in [2.45, 2.75) is 98.8 Å². The molecule has 0 spiro atoms. The van der Waals surface area contributed by atoms with Crippen LogP contribution in [-0.4, -0.2) is 36.6 Å². The summed E-state index contributed by atoms with van der Waals surface area (Å²) >= 11 is 0. The van der Waals surface area contributed by atoms with Gasteiger partial charge in [0.25, 0.3) is 0 Å². The van der Waals surface area contributed by atoms with E-state index in [1.54, 1.807) is 0 Å². The number of nitrogens with zero attached hydrogens (tertiary/aromatic N) is 1. The topological polar surface area (TPSA) is 40.1 Å². The molecule has 31 heavy (non-hydrogen) atoms. The molecule has 0 N–H and O–H groups in total. The molecule has 0 unspecified atom stereocenters. The minimum atomic E-state index is -0.962. The first-order valence-electron chi connectivity index (χ1n) is 12.7. The Balaban J connectivity index is 0. The number of hydrogen-bond donors (Lipinski definition) is 0. The van der Waals surface area contributed by atoms with E-state index in [1.165, 1.54) is 56.3 Å². The summed E-state index contributed by atoms with van der Waals surface area (Å²) in [4.78, 5) is 10.2. The van der Waals surface area contributed by atoms with E-state index >= 15 is 0 Å². The van der Waals surface area contributed by atoms with Crippen LogP contribution in [0.3, 0.4) is 0 Å². The molecule has 0 radical (unpaired) electrons. The van der Waals surface area contributed by atoms with Crippen molar-refractivity contribution in [3.63, 3.8) is 0 Å². The quantitative estimate of drug-likeness (QED) is 0.136. The Morgan fingerprint density at radius 1 is 0.613 bits per heavy atom. The highest BCUT2D eigenvalue weighted by molar-refractivity contribution is 5.64. The van der Waals surface area contributed by atoms with E-state index in [2.05, 4.69) is 77.2 Å². The third-order valence-corrected chi connectivity index (χ3v) is 5.89. The van der Waals surface area contributed by atoms with Gasteiger partial charge in [-0.05, 0) is 79.1 Å². The van der Waals surface area contributed by atoms with Crippen molar-refractivity contribution in [1.29, 1.82) is 0 Å². The molecular weight excluding hydrogens is 382 g/mol. The Labute approximate surface area is 194 Å². The van der Waals surface area contributed by atoms with Crippen LogP contribution in [0.1, 0.15) is 98.8 Å². The molecule has 0 fully saturated rings. The Bertz CT molecular complexity index is 482. The van der Waals surface area contributed by atoms with Crippen LogP contribution in [0.2, 0.25) is 0 Å². The van der Waals surface area contributed by atoms with Gasteiger partial charge in [0, 0.05) is 5.97 Å². The van der Waals surface area contributed by atoms with Gasteiger partial charge in [-0.1, -0.05) is 68.4 Å². The highest BCUT2D eigenvalue weighted by atomic mass is 16.4. The van der Waals surface area contributed by atoms with Gasteiger partial charge >= 0.3 is 0 Å². The molecule has 0 heterocycles. The minimum absolute atomic E-state index is 0.151. The molecule has 0 saturated carbocycles. The van der Waals surface area contributed by atoms with Crippen LogP contribution in [0.4, 0.5) is 0 Å². The smallest absolute Gasteiger partial charge is 0.0757 e. The summed E-state index contributed by atoms with van der Waals surface area (Å²) in [5, 5.41) is 10.2. The van der Waals surface area contributed by atoms with Crippen LogP contribution in [0, 0.1) is 0 Å². The van der Waals surface area contributed by atoms with Crippen molar-refractivity contribution in [2.75, 3.05) is 26.2 Å². The average Bonchev–Trinajstić information content (AvgIpc) is 2.78. The number of carbonyl (C=O) groups excluding carboxylic acids is 1. The molecule has 0 aromatic rings. The number of quaternary nitrogens is 1. The van der Waals surface area contributed by atoms with Crippen LogP contribution in [0.25, 0.3) is 0 Å². The molecule has 3 heteroatoms. The van der Waals surface area contributed by atoms with E-state index < -0.39 is 5.97 Å². The zero-order chi connectivity index (χ0) is 23.6. The minimum Gasteiger partial charge on any atom is -0.550 e. The fourth-order valence-corrected chi connectivity index (χ4v) is 3.27. The van der Waals surface area contributed by atoms with Gasteiger partial charge in [0.1, 0.15) is 0 Å². The fourth-order valence-electron chi connectivity index (χ4n) is 3.27. The van der Waals surface area contributed by atoms with Crippen molar-refractivity contribution >= 4 is 5.97 Å². The molecule has 180 valence electrons. The predicted octanol–water partition coefficient (Wildman–Crippen LogP) is 6.76. The number of allylic oxidation sites excluding steroid dienone is 8. The first-order valence-corrected chi connectivity index (χ1v) is 12.7. The highest BCUT2D eigenvalue weighted by Gasteiger charge is 2.16. The molecule has 0 amide bonds. The van der Waals surface area contributed by atoms with E-state index in [4.69, 9.17) is 0 Å². The number of carboxylic acids is 1. The third kappa shape index (κ3) is 22.9. The van der Waals surface area contributed by atoms with Gasteiger partial charge in [0.15, 0.2) is 0 Å². The Hall–Kier alpha value is -1.61. The molecule has 0 aromatic heterocycles.